The molecule has 0 fully saturated rings. The monoisotopic (exact) mass is 431 g/mol. The van der Waals surface area contributed by atoms with Crippen LogP contribution in [0, 0.1) is 18.3 Å². The first-order valence-electron chi connectivity index (χ1n) is 10.5. The smallest absolute Gasteiger partial charge is 0.216 e. The van der Waals surface area contributed by atoms with Gasteiger partial charge in [0.2, 0.25) is 5.69 Å². The van der Waals surface area contributed by atoms with E-state index in [1.54, 1.807) is 11.3 Å². The van der Waals surface area contributed by atoms with Crippen molar-refractivity contribution in [3.8, 4) is 28.5 Å². The lowest BCUT2D eigenvalue weighted by atomic mass is 9.95. The van der Waals surface area contributed by atoms with Crippen LogP contribution in [0.4, 0.5) is 0 Å². The number of thiophene rings is 1. The maximum Gasteiger partial charge on any atom is 0.216 e. The van der Waals surface area contributed by atoms with Crippen molar-refractivity contribution in [3.63, 3.8) is 0 Å². The molecule has 0 bridgehead atoms. The molecule has 0 N–H and O–H groups in total. The second kappa shape index (κ2) is 7.05. The van der Waals surface area contributed by atoms with Crippen molar-refractivity contribution in [2.45, 2.75) is 6.92 Å². The van der Waals surface area contributed by atoms with E-state index in [-0.39, 0.29) is 0 Å². The zero-order valence-electron chi connectivity index (χ0n) is 17.7. The van der Waals surface area contributed by atoms with Crippen molar-refractivity contribution < 1.29 is 8.98 Å². The number of furan rings is 1. The van der Waals surface area contributed by atoms with Crippen LogP contribution in [0.3, 0.4) is 0 Å². The van der Waals surface area contributed by atoms with Gasteiger partial charge in [0.15, 0.2) is 6.20 Å². The number of nitrogens with zero attached hydrogens (tertiary/aromatic N) is 2. The molecule has 0 saturated carbocycles. The molecule has 0 saturated heterocycles. The van der Waals surface area contributed by atoms with Gasteiger partial charge in [0.25, 0.3) is 0 Å². The summed E-state index contributed by atoms with van der Waals surface area (Å²) in [6.45, 7) is 2.11. The number of aromatic nitrogens is 1. The molecule has 152 valence electrons. The van der Waals surface area contributed by atoms with E-state index in [0.717, 1.165) is 49.9 Å². The first-order chi connectivity index (χ1) is 15.7. The molecular weight excluding hydrogens is 412 g/mol. The Bertz CT molecular complexity index is 1720. The molecule has 0 amide bonds. The predicted octanol–water partition coefficient (Wildman–Crippen LogP) is 7.14. The van der Waals surface area contributed by atoms with Gasteiger partial charge in [-0.05, 0) is 65.2 Å². The molecule has 0 unspecified atom stereocenters. The van der Waals surface area contributed by atoms with E-state index in [4.69, 9.17) is 4.42 Å². The first-order valence-corrected chi connectivity index (χ1v) is 11.4. The fourth-order valence-corrected chi connectivity index (χ4v) is 5.38. The number of pyridine rings is 1. The summed E-state index contributed by atoms with van der Waals surface area (Å²) >= 11 is 1.72. The lowest BCUT2D eigenvalue weighted by Gasteiger charge is -2.06. The van der Waals surface area contributed by atoms with Crippen LogP contribution in [0.25, 0.3) is 54.4 Å². The molecule has 6 rings (SSSR count). The van der Waals surface area contributed by atoms with Gasteiger partial charge in [0.1, 0.15) is 18.2 Å². The summed E-state index contributed by atoms with van der Waals surface area (Å²) in [4.78, 5) is 0. The highest BCUT2D eigenvalue weighted by Gasteiger charge is 2.22. The Labute approximate surface area is 189 Å². The van der Waals surface area contributed by atoms with Gasteiger partial charge in [0.05, 0.1) is 17.2 Å². The number of hydrogen-bond donors (Lipinski definition) is 0. The summed E-state index contributed by atoms with van der Waals surface area (Å²) in [5.74, 6) is 0. The van der Waals surface area contributed by atoms with Crippen molar-refractivity contribution >= 4 is 43.4 Å². The minimum atomic E-state index is 0.620. The predicted molar refractivity (Wildman–Crippen MR) is 131 cm³/mol. The lowest BCUT2D eigenvalue weighted by Crippen LogP contribution is -2.30. The van der Waals surface area contributed by atoms with Crippen LogP contribution in [-0.4, -0.2) is 0 Å². The molecule has 0 aliphatic carbocycles. The maximum absolute atomic E-state index is 9.91. The number of rotatable bonds is 2. The number of nitriles is 1. The van der Waals surface area contributed by atoms with E-state index >= 15 is 0 Å². The summed E-state index contributed by atoms with van der Waals surface area (Å²) in [6.07, 6.45) is 2.05. The topological polar surface area (TPSA) is 40.8 Å². The summed E-state index contributed by atoms with van der Waals surface area (Å²) in [7, 11) is 2.05. The van der Waals surface area contributed by atoms with Gasteiger partial charge in [-0.2, -0.15) is 5.26 Å². The van der Waals surface area contributed by atoms with Crippen LogP contribution in [-0.2, 0) is 7.05 Å². The standard InChI is InChI=1S/C28H19N2OS/c1-17-6-9-21-22-10-7-20(16-29)26(19-8-11-24-18(15-19)12-14-32-24)28(22)31-27(21)25(17)23-5-3-4-13-30(23)2/h3-15H,1-2H3/q+1. The number of aryl methyl sites for hydroxylation is 2. The van der Waals surface area contributed by atoms with Crippen LogP contribution in [0.5, 0.6) is 0 Å². The SMILES string of the molecule is Cc1ccc2c(oc3c(-c4ccc5sccc5c4)c(C#N)ccc32)c1-c1cccc[n+]1C. The molecule has 0 radical (unpaired) electrons. The molecule has 3 aromatic heterocycles. The first kappa shape index (κ1) is 18.8. The van der Waals surface area contributed by atoms with E-state index < -0.39 is 0 Å². The number of fused-ring (bicyclic) bond motifs is 4. The molecule has 6 aromatic rings. The molecule has 0 spiro atoms. The minimum Gasteiger partial charge on any atom is -0.454 e. The fourth-order valence-electron chi connectivity index (χ4n) is 4.61. The summed E-state index contributed by atoms with van der Waals surface area (Å²) in [5.41, 5.74) is 7.43. The summed E-state index contributed by atoms with van der Waals surface area (Å²) in [6, 6.07) is 25.2. The molecule has 0 atom stereocenters. The van der Waals surface area contributed by atoms with Gasteiger partial charge < -0.3 is 4.42 Å². The van der Waals surface area contributed by atoms with Crippen molar-refractivity contribution in [1.29, 1.82) is 5.26 Å². The van der Waals surface area contributed by atoms with E-state index in [9.17, 15) is 5.26 Å². The Morgan fingerprint density at radius 3 is 2.53 bits per heavy atom. The molecule has 32 heavy (non-hydrogen) atoms. The Kier molecular flexibility index (Phi) is 4.14. The number of hydrogen-bond acceptors (Lipinski definition) is 3. The molecule has 3 nitrogen and oxygen atoms in total. The Hall–Kier alpha value is -3.94. The van der Waals surface area contributed by atoms with Crippen LogP contribution >= 0.6 is 11.3 Å². The second-order valence-electron chi connectivity index (χ2n) is 8.08. The minimum absolute atomic E-state index is 0.620. The normalized spacial score (nSPS) is 11.4. The van der Waals surface area contributed by atoms with Crippen LogP contribution in [0.15, 0.2) is 82.7 Å². The third-order valence-corrected chi connectivity index (χ3v) is 7.09. The highest BCUT2D eigenvalue weighted by molar-refractivity contribution is 7.17. The highest BCUT2D eigenvalue weighted by Crippen LogP contribution is 2.42. The summed E-state index contributed by atoms with van der Waals surface area (Å²) in [5, 5.41) is 15.3. The second-order valence-corrected chi connectivity index (χ2v) is 9.03. The van der Waals surface area contributed by atoms with E-state index in [0.29, 0.717) is 5.56 Å². The number of benzene rings is 3. The average Bonchev–Trinajstić information content (AvgIpc) is 3.42. The van der Waals surface area contributed by atoms with Crippen molar-refractivity contribution in [3.05, 3.63) is 89.4 Å². The molecule has 3 heterocycles. The molecular formula is C28H19N2OS+. The zero-order chi connectivity index (χ0) is 21.8. The van der Waals surface area contributed by atoms with Gasteiger partial charge in [-0.15, -0.1) is 11.3 Å². The van der Waals surface area contributed by atoms with E-state index in [1.165, 1.54) is 10.1 Å². The quantitative estimate of drug-likeness (QED) is 0.273. The third kappa shape index (κ3) is 2.69. The largest absolute Gasteiger partial charge is 0.454 e. The Balaban J connectivity index is 1.73. The van der Waals surface area contributed by atoms with Crippen LogP contribution in [0.2, 0.25) is 0 Å². The van der Waals surface area contributed by atoms with E-state index in [1.807, 2.05) is 37.5 Å². The third-order valence-electron chi connectivity index (χ3n) is 6.19. The van der Waals surface area contributed by atoms with Crippen LogP contribution in [0.1, 0.15) is 11.1 Å². The van der Waals surface area contributed by atoms with Gasteiger partial charge in [-0.3, -0.25) is 0 Å². The zero-order valence-corrected chi connectivity index (χ0v) is 18.5. The van der Waals surface area contributed by atoms with E-state index in [2.05, 4.69) is 65.4 Å². The van der Waals surface area contributed by atoms with Crippen molar-refractivity contribution in [2.24, 2.45) is 7.05 Å². The molecule has 3 aromatic carbocycles. The highest BCUT2D eigenvalue weighted by atomic mass is 32.1. The summed E-state index contributed by atoms with van der Waals surface area (Å²) < 4.78 is 9.98. The Morgan fingerprint density at radius 1 is 0.906 bits per heavy atom. The maximum atomic E-state index is 9.91. The van der Waals surface area contributed by atoms with Gasteiger partial charge >= 0.3 is 0 Å². The van der Waals surface area contributed by atoms with Gasteiger partial charge in [-0.25, -0.2) is 4.57 Å². The van der Waals surface area contributed by atoms with Crippen molar-refractivity contribution in [1.82, 2.24) is 0 Å². The lowest BCUT2D eigenvalue weighted by molar-refractivity contribution is -0.660. The average molecular weight is 432 g/mol. The van der Waals surface area contributed by atoms with Gasteiger partial charge in [-0.1, -0.05) is 18.2 Å². The van der Waals surface area contributed by atoms with Gasteiger partial charge in [0, 0.05) is 33.2 Å². The van der Waals surface area contributed by atoms with Crippen LogP contribution < -0.4 is 4.57 Å². The fraction of sp³-hybridized carbons (Fsp3) is 0.0714. The molecule has 0 aliphatic rings. The Morgan fingerprint density at radius 2 is 1.72 bits per heavy atom. The van der Waals surface area contributed by atoms with Crippen molar-refractivity contribution in [2.75, 3.05) is 0 Å². The molecule has 0 aliphatic heterocycles. The molecule has 4 heteroatoms.